The van der Waals surface area contributed by atoms with E-state index in [1.54, 1.807) is 10.9 Å². The van der Waals surface area contributed by atoms with Crippen molar-refractivity contribution in [2.24, 2.45) is 5.73 Å². The maximum Gasteiger partial charge on any atom is 0.219 e. The van der Waals surface area contributed by atoms with Crippen molar-refractivity contribution in [1.82, 2.24) is 14.7 Å². The molecule has 7 nitrogen and oxygen atoms in total. The van der Waals surface area contributed by atoms with Crippen LogP contribution in [-0.4, -0.2) is 60.0 Å². The summed E-state index contributed by atoms with van der Waals surface area (Å²) < 4.78 is 13.3. The van der Waals surface area contributed by atoms with Gasteiger partial charge in [0.15, 0.2) is 0 Å². The molecule has 28 heavy (non-hydrogen) atoms. The van der Waals surface area contributed by atoms with Crippen LogP contribution in [0.2, 0.25) is 0 Å². The summed E-state index contributed by atoms with van der Waals surface area (Å²) in [6, 6.07) is 8.33. The summed E-state index contributed by atoms with van der Waals surface area (Å²) in [5, 5.41) is 4.51. The number of primary amides is 1. The third-order valence-electron chi connectivity index (χ3n) is 4.99. The van der Waals surface area contributed by atoms with Gasteiger partial charge in [0.1, 0.15) is 6.61 Å². The lowest BCUT2D eigenvalue weighted by atomic mass is 10.0. The highest BCUT2D eigenvalue weighted by Crippen LogP contribution is 2.25. The van der Waals surface area contributed by atoms with E-state index in [-0.39, 0.29) is 12.3 Å². The normalized spacial score (nSPS) is 15.1. The topological polar surface area (TPSA) is 82.6 Å². The van der Waals surface area contributed by atoms with E-state index < -0.39 is 0 Å². The van der Waals surface area contributed by atoms with E-state index in [9.17, 15) is 4.79 Å². The number of carbonyl (C=O) groups excluding carboxylic acids is 1. The first-order chi connectivity index (χ1) is 13.5. The van der Waals surface area contributed by atoms with Crippen molar-refractivity contribution < 1.29 is 14.3 Å². The number of nitrogens with two attached hydrogens (primary N) is 1. The lowest BCUT2D eigenvalue weighted by Gasteiger charge is -2.26. The fraction of sp³-hybridized carbons (Fsp3) is 0.524. The molecular formula is C21H30N4O3. The first-order valence-electron chi connectivity index (χ1n) is 9.93. The maximum absolute atomic E-state index is 11.2. The van der Waals surface area contributed by atoms with E-state index in [0.29, 0.717) is 24.8 Å². The largest absolute Gasteiger partial charge is 0.476 e. The molecule has 152 valence electrons. The van der Waals surface area contributed by atoms with Crippen LogP contribution in [-0.2, 0) is 16.0 Å². The smallest absolute Gasteiger partial charge is 0.219 e. The summed E-state index contributed by atoms with van der Waals surface area (Å²) in [5.41, 5.74) is 8.44. The van der Waals surface area contributed by atoms with Crippen LogP contribution in [0.4, 0.5) is 0 Å². The van der Waals surface area contributed by atoms with Gasteiger partial charge < -0.3 is 15.2 Å². The Bertz CT molecular complexity index is 764. The standard InChI is InChI=1S/C21H30N4O3/c1-16(2)17-3-6-19(7-4-17)25-21(18(15-23-25)5-8-20(22)26)28-14-11-24-9-12-27-13-10-24/h3-4,6-7,15-16H,5,8-14H2,1-2H3,(H2,22,26). The first-order valence-corrected chi connectivity index (χ1v) is 9.93. The van der Waals surface area contributed by atoms with Crippen LogP contribution in [0, 0.1) is 0 Å². The zero-order valence-corrected chi connectivity index (χ0v) is 16.8. The number of aryl methyl sites for hydroxylation is 1. The highest BCUT2D eigenvalue weighted by Gasteiger charge is 2.16. The van der Waals surface area contributed by atoms with Gasteiger partial charge in [0.05, 0.1) is 25.1 Å². The quantitative estimate of drug-likeness (QED) is 0.714. The van der Waals surface area contributed by atoms with Crippen LogP contribution in [0.25, 0.3) is 5.69 Å². The summed E-state index contributed by atoms with van der Waals surface area (Å²) in [7, 11) is 0. The Morgan fingerprint density at radius 2 is 1.96 bits per heavy atom. The first kappa shape index (κ1) is 20.4. The number of hydrogen-bond acceptors (Lipinski definition) is 5. The number of hydrogen-bond donors (Lipinski definition) is 1. The van der Waals surface area contributed by atoms with E-state index in [0.717, 1.165) is 44.1 Å². The Kier molecular flexibility index (Phi) is 7.06. The minimum atomic E-state index is -0.326. The summed E-state index contributed by atoms with van der Waals surface area (Å²) in [6.07, 6.45) is 2.56. The third-order valence-corrected chi connectivity index (χ3v) is 4.99. The number of amides is 1. The molecule has 0 atom stereocenters. The van der Waals surface area contributed by atoms with Crippen LogP contribution >= 0.6 is 0 Å². The minimum absolute atomic E-state index is 0.276. The van der Waals surface area contributed by atoms with Gasteiger partial charge in [-0.1, -0.05) is 26.0 Å². The van der Waals surface area contributed by atoms with Gasteiger partial charge in [0.2, 0.25) is 11.8 Å². The molecule has 0 bridgehead atoms. The Morgan fingerprint density at radius 1 is 1.25 bits per heavy atom. The second-order valence-electron chi connectivity index (χ2n) is 7.40. The zero-order valence-electron chi connectivity index (χ0n) is 16.8. The number of nitrogens with zero attached hydrogens (tertiary/aromatic N) is 3. The molecule has 2 N–H and O–H groups in total. The molecule has 7 heteroatoms. The Hall–Kier alpha value is -2.38. The van der Waals surface area contributed by atoms with Gasteiger partial charge in [-0.15, -0.1) is 0 Å². The van der Waals surface area contributed by atoms with E-state index in [1.807, 2.05) is 0 Å². The molecule has 1 aromatic carbocycles. The van der Waals surface area contributed by atoms with Gasteiger partial charge in [0.25, 0.3) is 0 Å². The molecule has 0 aliphatic carbocycles. The van der Waals surface area contributed by atoms with Crippen LogP contribution in [0.5, 0.6) is 5.88 Å². The molecule has 0 spiro atoms. The molecule has 3 rings (SSSR count). The fourth-order valence-corrected chi connectivity index (χ4v) is 3.23. The number of benzene rings is 1. The number of carbonyl (C=O) groups is 1. The van der Waals surface area contributed by atoms with Gasteiger partial charge in [0, 0.05) is 31.6 Å². The SMILES string of the molecule is CC(C)c1ccc(-n2ncc(CCC(N)=O)c2OCCN2CCOCC2)cc1. The number of rotatable bonds is 9. The van der Waals surface area contributed by atoms with E-state index in [2.05, 4.69) is 48.1 Å². The van der Waals surface area contributed by atoms with E-state index >= 15 is 0 Å². The number of aromatic nitrogens is 2. The van der Waals surface area contributed by atoms with Gasteiger partial charge in [-0.25, -0.2) is 4.68 Å². The molecule has 0 unspecified atom stereocenters. The van der Waals surface area contributed by atoms with Crippen molar-refractivity contribution in [2.75, 3.05) is 39.5 Å². The molecule has 0 radical (unpaired) electrons. The number of ether oxygens (including phenoxy) is 2. The maximum atomic E-state index is 11.2. The van der Waals surface area contributed by atoms with Crippen molar-refractivity contribution in [3.05, 3.63) is 41.6 Å². The Balaban J connectivity index is 1.75. The van der Waals surface area contributed by atoms with Crippen LogP contribution in [0.1, 0.15) is 37.3 Å². The Morgan fingerprint density at radius 3 is 2.61 bits per heavy atom. The van der Waals surface area contributed by atoms with Crippen LogP contribution in [0.3, 0.4) is 0 Å². The summed E-state index contributed by atoms with van der Waals surface area (Å²) in [6.45, 7) is 9.11. The molecular weight excluding hydrogens is 356 g/mol. The molecule has 1 amide bonds. The van der Waals surface area contributed by atoms with Gasteiger partial charge in [-0.05, 0) is 30.0 Å². The second-order valence-corrected chi connectivity index (χ2v) is 7.40. The molecule has 1 aromatic heterocycles. The summed E-state index contributed by atoms with van der Waals surface area (Å²) in [5.74, 6) is 0.835. The zero-order chi connectivity index (χ0) is 19.9. The Labute approximate surface area is 166 Å². The third kappa shape index (κ3) is 5.33. The van der Waals surface area contributed by atoms with Crippen molar-refractivity contribution in [3.8, 4) is 11.6 Å². The minimum Gasteiger partial charge on any atom is -0.476 e. The van der Waals surface area contributed by atoms with Crippen molar-refractivity contribution in [2.45, 2.75) is 32.6 Å². The summed E-state index contributed by atoms with van der Waals surface area (Å²) >= 11 is 0. The van der Waals surface area contributed by atoms with Gasteiger partial charge in [-0.3, -0.25) is 9.69 Å². The predicted molar refractivity (Wildman–Crippen MR) is 108 cm³/mol. The molecule has 2 heterocycles. The fourth-order valence-electron chi connectivity index (χ4n) is 3.23. The van der Waals surface area contributed by atoms with Gasteiger partial charge in [-0.2, -0.15) is 5.10 Å². The molecule has 1 fully saturated rings. The van der Waals surface area contributed by atoms with Crippen molar-refractivity contribution in [3.63, 3.8) is 0 Å². The highest BCUT2D eigenvalue weighted by molar-refractivity contribution is 5.74. The average Bonchev–Trinajstić information content (AvgIpc) is 3.10. The lowest BCUT2D eigenvalue weighted by Crippen LogP contribution is -2.38. The van der Waals surface area contributed by atoms with E-state index in [1.165, 1.54) is 5.56 Å². The molecule has 1 aliphatic rings. The average molecular weight is 386 g/mol. The molecule has 1 aliphatic heterocycles. The summed E-state index contributed by atoms with van der Waals surface area (Å²) in [4.78, 5) is 13.5. The highest BCUT2D eigenvalue weighted by atomic mass is 16.5. The predicted octanol–water partition coefficient (Wildman–Crippen LogP) is 2.12. The van der Waals surface area contributed by atoms with Crippen LogP contribution < -0.4 is 10.5 Å². The van der Waals surface area contributed by atoms with Crippen LogP contribution in [0.15, 0.2) is 30.5 Å². The second kappa shape index (κ2) is 9.71. The van der Waals surface area contributed by atoms with E-state index in [4.69, 9.17) is 15.2 Å². The molecule has 0 saturated carbocycles. The van der Waals surface area contributed by atoms with Crippen molar-refractivity contribution >= 4 is 5.91 Å². The molecule has 2 aromatic rings. The monoisotopic (exact) mass is 386 g/mol. The lowest BCUT2D eigenvalue weighted by molar-refractivity contribution is -0.117. The number of morpholine rings is 1. The van der Waals surface area contributed by atoms with Crippen molar-refractivity contribution in [1.29, 1.82) is 0 Å². The van der Waals surface area contributed by atoms with Gasteiger partial charge >= 0.3 is 0 Å². The molecule has 1 saturated heterocycles.